The molecule has 5 nitrogen and oxygen atoms in total. The van der Waals surface area contributed by atoms with E-state index < -0.39 is 5.60 Å². The van der Waals surface area contributed by atoms with Crippen molar-refractivity contribution in [3.63, 3.8) is 0 Å². The van der Waals surface area contributed by atoms with Gasteiger partial charge in [-0.15, -0.1) is 0 Å². The monoisotopic (exact) mass is 209 g/mol. The molecule has 1 aromatic heterocycles. The Morgan fingerprint density at radius 1 is 1.60 bits per heavy atom. The highest BCUT2D eigenvalue weighted by Crippen LogP contribution is 2.30. The molecule has 0 saturated carbocycles. The van der Waals surface area contributed by atoms with Crippen molar-refractivity contribution < 1.29 is 5.11 Å². The number of aromatic nitrogens is 2. The summed E-state index contributed by atoms with van der Waals surface area (Å²) in [6, 6.07) is 1.44. The lowest BCUT2D eigenvalue weighted by molar-refractivity contribution is -0.0304. The zero-order chi connectivity index (χ0) is 11.1. The fourth-order valence-electron chi connectivity index (χ4n) is 1.67. The third kappa shape index (κ3) is 1.74. The minimum absolute atomic E-state index is 0.167. The Hall–Kier alpha value is -1.36. The van der Waals surface area contributed by atoms with E-state index in [-0.39, 0.29) is 11.5 Å². The third-order valence-electron chi connectivity index (χ3n) is 2.99. The van der Waals surface area contributed by atoms with Gasteiger partial charge in [-0.05, 0) is 5.92 Å². The second kappa shape index (κ2) is 3.34. The van der Waals surface area contributed by atoms with Crippen LogP contribution in [0.5, 0.6) is 0 Å². The van der Waals surface area contributed by atoms with Crippen molar-refractivity contribution in [3.05, 3.63) is 22.7 Å². The van der Waals surface area contributed by atoms with Crippen LogP contribution in [-0.4, -0.2) is 33.8 Å². The Morgan fingerprint density at radius 3 is 2.80 bits per heavy atom. The lowest BCUT2D eigenvalue weighted by atomic mass is 9.83. The number of hydrogen-bond donors (Lipinski definition) is 2. The number of rotatable bonds is 2. The largest absolute Gasteiger partial charge is 0.386 e. The summed E-state index contributed by atoms with van der Waals surface area (Å²) in [5.74, 6) is 0.847. The van der Waals surface area contributed by atoms with Gasteiger partial charge in [-0.1, -0.05) is 13.8 Å². The Morgan fingerprint density at radius 2 is 2.27 bits per heavy atom. The van der Waals surface area contributed by atoms with Crippen molar-refractivity contribution >= 4 is 5.82 Å². The van der Waals surface area contributed by atoms with Gasteiger partial charge in [-0.3, -0.25) is 4.79 Å². The van der Waals surface area contributed by atoms with Crippen molar-refractivity contribution in [2.45, 2.75) is 19.4 Å². The van der Waals surface area contributed by atoms with Crippen LogP contribution in [0.1, 0.15) is 13.8 Å². The fraction of sp³-hybridized carbons (Fsp3) is 0.600. The van der Waals surface area contributed by atoms with Crippen LogP contribution >= 0.6 is 0 Å². The summed E-state index contributed by atoms with van der Waals surface area (Å²) in [6.07, 6.45) is 1.38. The molecular weight excluding hydrogens is 194 g/mol. The Kier molecular flexibility index (Phi) is 2.26. The first kappa shape index (κ1) is 10.2. The van der Waals surface area contributed by atoms with Crippen molar-refractivity contribution in [3.8, 4) is 0 Å². The van der Waals surface area contributed by atoms with E-state index in [1.165, 1.54) is 12.4 Å². The molecular formula is C10H15N3O2. The minimum atomic E-state index is -0.635. The predicted octanol–water partition coefficient (Wildman–Crippen LogP) is -0.0230. The Bertz CT molecular complexity index is 407. The summed E-state index contributed by atoms with van der Waals surface area (Å²) in [4.78, 5) is 19.5. The molecule has 0 radical (unpaired) electrons. The van der Waals surface area contributed by atoms with Crippen LogP contribution in [0.25, 0.3) is 0 Å². The number of hydrogen-bond acceptors (Lipinski definition) is 4. The highest BCUT2D eigenvalue weighted by molar-refractivity contribution is 5.42. The third-order valence-corrected chi connectivity index (χ3v) is 2.99. The predicted molar refractivity (Wildman–Crippen MR) is 56.9 cm³/mol. The Labute approximate surface area is 87.8 Å². The van der Waals surface area contributed by atoms with Crippen molar-refractivity contribution in [1.29, 1.82) is 0 Å². The van der Waals surface area contributed by atoms with E-state index in [0.717, 1.165) is 0 Å². The summed E-state index contributed by atoms with van der Waals surface area (Å²) in [6.45, 7) is 5.06. The molecule has 1 aliphatic heterocycles. The van der Waals surface area contributed by atoms with Gasteiger partial charge in [-0.2, -0.15) is 0 Å². The molecule has 15 heavy (non-hydrogen) atoms. The van der Waals surface area contributed by atoms with Crippen LogP contribution in [0, 0.1) is 5.92 Å². The molecule has 0 spiro atoms. The van der Waals surface area contributed by atoms with E-state index >= 15 is 0 Å². The zero-order valence-corrected chi connectivity index (χ0v) is 8.90. The maximum Gasteiger partial charge on any atom is 0.252 e. The van der Waals surface area contributed by atoms with E-state index in [0.29, 0.717) is 18.9 Å². The number of β-amino-alcohol motifs (C(OH)–C–C–N with tert-alkyl or cyclic N) is 1. The van der Waals surface area contributed by atoms with E-state index in [4.69, 9.17) is 0 Å². The molecule has 0 unspecified atom stereocenters. The molecule has 2 N–H and O–H groups in total. The van der Waals surface area contributed by atoms with Gasteiger partial charge in [0.2, 0.25) is 0 Å². The molecule has 1 fully saturated rings. The highest BCUT2D eigenvalue weighted by atomic mass is 16.3. The van der Waals surface area contributed by atoms with Gasteiger partial charge in [0.1, 0.15) is 11.4 Å². The molecule has 0 aromatic carbocycles. The van der Waals surface area contributed by atoms with Crippen molar-refractivity contribution in [2.24, 2.45) is 5.92 Å². The first-order chi connectivity index (χ1) is 7.01. The summed E-state index contributed by atoms with van der Waals surface area (Å²) < 4.78 is 0. The SMILES string of the molecule is CC(C)C1(O)CN(c2cc(=O)[nH]cn2)C1. The second-order valence-electron chi connectivity index (χ2n) is 4.38. The van der Waals surface area contributed by atoms with Crippen LogP contribution in [0.3, 0.4) is 0 Å². The lowest BCUT2D eigenvalue weighted by Gasteiger charge is -2.49. The van der Waals surface area contributed by atoms with Crippen molar-refractivity contribution in [1.82, 2.24) is 9.97 Å². The topological polar surface area (TPSA) is 69.2 Å². The normalized spacial score (nSPS) is 19.1. The maximum atomic E-state index is 11.0. The van der Waals surface area contributed by atoms with Crippen LogP contribution in [0.2, 0.25) is 0 Å². The number of nitrogens with one attached hydrogen (secondary N) is 1. The fourth-order valence-corrected chi connectivity index (χ4v) is 1.67. The summed E-state index contributed by atoms with van der Waals surface area (Å²) in [7, 11) is 0. The van der Waals surface area contributed by atoms with Gasteiger partial charge in [-0.25, -0.2) is 4.98 Å². The number of H-pyrrole nitrogens is 1. The Balaban J connectivity index is 2.09. The van der Waals surface area contributed by atoms with Gasteiger partial charge >= 0.3 is 0 Å². The van der Waals surface area contributed by atoms with Gasteiger partial charge in [0.15, 0.2) is 0 Å². The average molecular weight is 209 g/mol. The number of aliphatic hydroxyl groups is 1. The van der Waals surface area contributed by atoms with Crippen LogP contribution in [0.4, 0.5) is 5.82 Å². The molecule has 1 aliphatic rings. The van der Waals surface area contributed by atoms with E-state index in [1.54, 1.807) is 0 Å². The van der Waals surface area contributed by atoms with E-state index in [2.05, 4.69) is 9.97 Å². The molecule has 2 rings (SSSR count). The number of anilines is 1. The molecule has 5 heteroatoms. The minimum Gasteiger partial charge on any atom is -0.386 e. The summed E-state index contributed by atoms with van der Waals surface area (Å²) in [5.41, 5.74) is -0.801. The van der Waals surface area contributed by atoms with Gasteiger partial charge in [0, 0.05) is 6.07 Å². The summed E-state index contributed by atoms with van der Waals surface area (Å²) >= 11 is 0. The van der Waals surface area contributed by atoms with Crippen LogP contribution < -0.4 is 10.5 Å². The first-order valence-corrected chi connectivity index (χ1v) is 5.03. The second-order valence-corrected chi connectivity index (χ2v) is 4.38. The number of aromatic amines is 1. The molecule has 0 aliphatic carbocycles. The molecule has 0 bridgehead atoms. The van der Waals surface area contributed by atoms with Gasteiger partial charge in [0.25, 0.3) is 5.56 Å². The molecule has 82 valence electrons. The average Bonchev–Trinajstić information content (AvgIpc) is 2.12. The van der Waals surface area contributed by atoms with Gasteiger partial charge < -0.3 is 15.0 Å². The van der Waals surface area contributed by atoms with Crippen LogP contribution in [0.15, 0.2) is 17.2 Å². The molecule has 0 atom stereocenters. The quantitative estimate of drug-likeness (QED) is 0.718. The van der Waals surface area contributed by atoms with Crippen molar-refractivity contribution in [2.75, 3.05) is 18.0 Å². The van der Waals surface area contributed by atoms with E-state index in [9.17, 15) is 9.90 Å². The highest BCUT2D eigenvalue weighted by Gasteiger charge is 2.44. The lowest BCUT2D eigenvalue weighted by Crippen LogP contribution is -2.65. The molecule has 1 aromatic rings. The zero-order valence-electron chi connectivity index (χ0n) is 8.90. The van der Waals surface area contributed by atoms with Crippen LogP contribution in [-0.2, 0) is 0 Å². The van der Waals surface area contributed by atoms with Gasteiger partial charge in [0.05, 0.1) is 19.4 Å². The molecule has 1 saturated heterocycles. The molecule has 2 heterocycles. The molecule has 0 amide bonds. The smallest absolute Gasteiger partial charge is 0.252 e. The first-order valence-electron chi connectivity index (χ1n) is 5.03. The summed E-state index contributed by atoms with van der Waals surface area (Å²) in [5, 5.41) is 10.0. The maximum absolute atomic E-state index is 11.0. The standard InChI is InChI=1S/C10H15N3O2/c1-7(2)10(15)4-13(5-10)8-3-9(14)12-6-11-8/h3,6-7,15H,4-5H2,1-2H3,(H,11,12,14). The number of nitrogens with zero attached hydrogens (tertiary/aromatic N) is 2. The van der Waals surface area contributed by atoms with E-state index in [1.807, 2.05) is 18.7 Å².